The van der Waals surface area contributed by atoms with Crippen LogP contribution in [0, 0.1) is 0 Å². The molecule has 0 radical (unpaired) electrons. The van der Waals surface area contributed by atoms with Gasteiger partial charge in [-0.1, -0.05) is 18.2 Å². The van der Waals surface area contributed by atoms with Crippen LogP contribution in [0.5, 0.6) is 0 Å². The number of rotatable bonds is 2. The first kappa shape index (κ1) is 8.36. The molecule has 52 valence electrons. The molecule has 0 aliphatic carbocycles. The van der Waals surface area contributed by atoms with Crippen LogP contribution in [0.25, 0.3) is 0 Å². The van der Waals surface area contributed by atoms with E-state index in [1.807, 2.05) is 13.0 Å². The minimum absolute atomic E-state index is 1.18. The molecule has 3 nitrogen and oxygen atoms in total. The lowest BCUT2D eigenvalue weighted by Gasteiger charge is -2.10. The summed E-state index contributed by atoms with van der Waals surface area (Å²) in [7, 11) is 0. The summed E-state index contributed by atoms with van der Waals surface area (Å²) in [5, 5.41) is 0. The second-order valence-electron chi connectivity index (χ2n) is 1.88. The van der Waals surface area contributed by atoms with Gasteiger partial charge in [0.1, 0.15) is 5.79 Å². The zero-order valence-electron chi connectivity index (χ0n) is 5.54. The summed E-state index contributed by atoms with van der Waals surface area (Å²) in [6, 6.07) is 0. The number of hydrogen-bond acceptors (Lipinski definition) is 3. The Morgan fingerprint density at radius 1 is 1.11 bits per heavy atom. The zero-order valence-corrected chi connectivity index (χ0v) is 5.54. The van der Waals surface area contributed by atoms with Gasteiger partial charge in [0.05, 0.1) is 0 Å². The Balaban J connectivity index is 3.71. The molecule has 0 rings (SSSR count). The van der Waals surface area contributed by atoms with Crippen molar-refractivity contribution in [2.45, 2.75) is 12.7 Å². The summed E-state index contributed by atoms with van der Waals surface area (Å²) >= 11 is 0. The van der Waals surface area contributed by atoms with E-state index < -0.39 is 5.79 Å². The van der Waals surface area contributed by atoms with E-state index in [0.717, 1.165) is 0 Å². The number of allylic oxidation sites excluding steroid dienone is 3. The van der Waals surface area contributed by atoms with E-state index in [4.69, 9.17) is 17.2 Å². The zero-order chi connectivity index (χ0) is 7.33. The lowest BCUT2D eigenvalue weighted by atomic mass is 10.3. The van der Waals surface area contributed by atoms with E-state index in [2.05, 4.69) is 0 Å². The molecule has 6 N–H and O–H groups in total. The molecule has 0 aliphatic heterocycles. The van der Waals surface area contributed by atoms with E-state index in [1.54, 1.807) is 12.2 Å². The van der Waals surface area contributed by atoms with Gasteiger partial charge in [-0.2, -0.15) is 0 Å². The van der Waals surface area contributed by atoms with Gasteiger partial charge in [0.15, 0.2) is 0 Å². The van der Waals surface area contributed by atoms with E-state index >= 15 is 0 Å². The molecule has 0 saturated heterocycles. The Morgan fingerprint density at radius 3 is 2.00 bits per heavy atom. The molecular formula is C6H13N3. The fraction of sp³-hybridized carbons (Fsp3) is 0.333. The molecule has 3 heteroatoms. The van der Waals surface area contributed by atoms with Gasteiger partial charge in [-0.3, -0.25) is 17.2 Å². The first-order valence-electron chi connectivity index (χ1n) is 2.73. The molecular weight excluding hydrogens is 114 g/mol. The Hall–Kier alpha value is -0.640. The second-order valence-corrected chi connectivity index (χ2v) is 1.88. The third-order valence-electron chi connectivity index (χ3n) is 0.688. The van der Waals surface area contributed by atoms with Crippen molar-refractivity contribution in [3.8, 4) is 0 Å². The predicted molar refractivity (Wildman–Crippen MR) is 39.2 cm³/mol. The fourth-order valence-electron chi connectivity index (χ4n) is 0.333. The van der Waals surface area contributed by atoms with Crippen molar-refractivity contribution in [1.29, 1.82) is 0 Å². The molecule has 9 heavy (non-hydrogen) atoms. The van der Waals surface area contributed by atoms with Crippen LogP contribution in [-0.4, -0.2) is 5.79 Å². The molecule has 0 amide bonds. The summed E-state index contributed by atoms with van der Waals surface area (Å²) in [6.07, 6.45) is 6.90. The fourth-order valence-corrected chi connectivity index (χ4v) is 0.333. The molecule has 0 aromatic carbocycles. The third kappa shape index (κ3) is 7.36. The SMILES string of the molecule is CC=CC=CC(N)(N)N. The van der Waals surface area contributed by atoms with Crippen LogP contribution in [0.2, 0.25) is 0 Å². The van der Waals surface area contributed by atoms with Crippen LogP contribution in [0.1, 0.15) is 6.92 Å². The van der Waals surface area contributed by atoms with Crippen LogP contribution in [0.4, 0.5) is 0 Å². The Labute approximate surface area is 55.2 Å². The molecule has 0 fully saturated rings. The van der Waals surface area contributed by atoms with Gasteiger partial charge in [-0.05, 0) is 13.0 Å². The summed E-state index contributed by atoms with van der Waals surface area (Å²) in [5.41, 5.74) is 15.6. The normalized spacial score (nSPS) is 13.8. The van der Waals surface area contributed by atoms with Crippen LogP contribution < -0.4 is 17.2 Å². The molecule has 0 bridgehead atoms. The highest BCUT2D eigenvalue weighted by molar-refractivity contribution is 5.07. The van der Waals surface area contributed by atoms with Gasteiger partial charge in [-0.15, -0.1) is 0 Å². The smallest absolute Gasteiger partial charge is 0.135 e. The van der Waals surface area contributed by atoms with Crippen molar-refractivity contribution in [2.24, 2.45) is 17.2 Å². The van der Waals surface area contributed by atoms with Crippen molar-refractivity contribution >= 4 is 0 Å². The van der Waals surface area contributed by atoms with E-state index in [-0.39, 0.29) is 0 Å². The van der Waals surface area contributed by atoms with Crippen molar-refractivity contribution in [2.75, 3.05) is 0 Å². The van der Waals surface area contributed by atoms with Crippen molar-refractivity contribution in [1.82, 2.24) is 0 Å². The maximum atomic E-state index is 5.21. The first-order chi connectivity index (χ1) is 4.06. The first-order valence-corrected chi connectivity index (χ1v) is 2.73. The number of hydrogen-bond donors (Lipinski definition) is 3. The van der Waals surface area contributed by atoms with Gasteiger partial charge in [0.2, 0.25) is 0 Å². The topological polar surface area (TPSA) is 78.1 Å². The monoisotopic (exact) mass is 127 g/mol. The van der Waals surface area contributed by atoms with Crippen molar-refractivity contribution < 1.29 is 0 Å². The molecule has 0 unspecified atom stereocenters. The maximum absolute atomic E-state index is 5.21. The second kappa shape index (κ2) is 3.40. The van der Waals surface area contributed by atoms with Crippen LogP contribution in [-0.2, 0) is 0 Å². The lowest BCUT2D eigenvalue weighted by Crippen LogP contribution is -2.56. The van der Waals surface area contributed by atoms with Gasteiger partial charge in [0.25, 0.3) is 0 Å². The third-order valence-corrected chi connectivity index (χ3v) is 0.688. The minimum Gasteiger partial charge on any atom is -0.298 e. The van der Waals surface area contributed by atoms with E-state index in [0.29, 0.717) is 0 Å². The Morgan fingerprint density at radius 2 is 1.67 bits per heavy atom. The summed E-state index contributed by atoms with van der Waals surface area (Å²) in [5.74, 6) is -1.18. The molecule has 0 aliphatic rings. The quantitative estimate of drug-likeness (QED) is 0.350. The van der Waals surface area contributed by atoms with Gasteiger partial charge in [-0.25, -0.2) is 0 Å². The minimum atomic E-state index is -1.18. The molecule has 0 atom stereocenters. The highest BCUT2D eigenvalue weighted by Gasteiger charge is 2.02. The van der Waals surface area contributed by atoms with Crippen LogP contribution in [0.15, 0.2) is 24.3 Å². The number of nitrogens with two attached hydrogens (primary N) is 3. The van der Waals surface area contributed by atoms with Gasteiger partial charge in [0, 0.05) is 0 Å². The highest BCUT2D eigenvalue weighted by Crippen LogP contribution is 1.82. The van der Waals surface area contributed by atoms with Gasteiger partial charge < -0.3 is 0 Å². The summed E-state index contributed by atoms with van der Waals surface area (Å²) in [4.78, 5) is 0. The molecule has 0 aromatic heterocycles. The summed E-state index contributed by atoms with van der Waals surface area (Å²) in [6.45, 7) is 1.90. The largest absolute Gasteiger partial charge is 0.298 e. The van der Waals surface area contributed by atoms with Crippen molar-refractivity contribution in [3.05, 3.63) is 24.3 Å². The lowest BCUT2D eigenvalue weighted by molar-refractivity contribution is 0.583. The standard InChI is InChI=1S/C6H13N3/c1-2-3-4-5-6(7,8)9/h2-5H,7-9H2,1H3. The average Bonchev–Trinajstić information content (AvgIpc) is 1.63. The Kier molecular flexibility index (Phi) is 3.16. The molecule has 0 spiro atoms. The van der Waals surface area contributed by atoms with Crippen LogP contribution >= 0.6 is 0 Å². The van der Waals surface area contributed by atoms with Crippen molar-refractivity contribution in [3.63, 3.8) is 0 Å². The highest BCUT2D eigenvalue weighted by atomic mass is 15.1. The average molecular weight is 127 g/mol. The van der Waals surface area contributed by atoms with E-state index in [1.165, 1.54) is 6.08 Å². The predicted octanol–water partition coefficient (Wildman–Crippen LogP) is -0.351. The summed E-state index contributed by atoms with van der Waals surface area (Å²) < 4.78 is 0. The van der Waals surface area contributed by atoms with Gasteiger partial charge >= 0.3 is 0 Å². The van der Waals surface area contributed by atoms with Crippen LogP contribution in [0.3, 0.4) is 0 Å². The molecule has 0 saturated carbocycles. The molecule has 0 heterocycles. The molecule has 0 aromatic rings. The van der Waals surface area contributed by atoms with E-state index in [9.17, 15) is 0 Å². The Bertz CT molecular complexity index is 119. The maximum Gasteiger partial charge on any atom is 0.135 e.